The standard InChI is InChI=1S/C20H34BCl/c1-11-15-7-13(19(15,3)4)9-17(11)21(22)18-10-14-8-16(12(18)2)20(14,5)6/h11-18H,7-10H2,1-6H3/t11-,12-,13?,14?,15?,16?,17-,18-/m1/s1. The maximum absolute atomic E-state index is 7.19. The topological polar surface area (TPSA) is 0 Å². The van der Waals surface area contributed by atoms with Crippen LogP contribution in [0.4, 0.5) is 0 Å². The fraction of sp³-hybridized carbons (Fsp3) is 1.00. The number of hydrogen-bond donors (Lipinski definition) is 0. The molecule has 6 aliphatic rings. The highest BCUT2D eigenvalue weighted by atomic mass is 35.5. The predicted octanol–water partition coefficient (Wildman–Crippen LogP) is 6.36. The molecule has 0 spiro atoms. The number of fused-ring (bicyclic) bond motifs is 4. The van der Waals surface area contributed by atoms with Gasteiger partial charge in [0.05, 0.1) is 0 Å². The second kappa shape index (κ2) is 4.71. The van der Waals surface area contributed by atoms with Crippen LogP contribution in [0.25, 0.3) is 0 Å². The number of hydrogen-bond acceptors (Lipinski definition) is 0. The molecule has 8 atom stereocenters. The Hall–Kier alpha value is 0.355. The van der Waals surface area contributed by atoms with Gasteiger partial charge >= 0.3 is 0 Å². The van der Waals surface area contributed by atoms with Gasteiger partial charge in [0.2, 0.25) is 0 Å². The molecule has 6 fully saturated rings. The number of halogens is 1. The summed E-state index contributed by atoms with van der Waals surface area (Å²) < 4.78 is 0. The van der Waals surface area contributed by atoms with Gasteiger partial charge in [-0.1, -0.05) is 54.4 Å². The average molecular weight is 321 g/mol. The zero-order valence-corrected chi connectivity index (χ0v) is 16.2. The summed E-state index contributed by atoms with van der Waals surface area (Å²) in [5, 5.41) is 0. The van der Waals surface area contributed by atoms with Gasteiger partial charge < -0.3 is 0 Å². The first-order chi connectivity index (χ1) is 10.2. The summed E-state index contributed by atoms with van der Waals surface area (Å²) >= 11 is 7.19. The van der Waals surface area contributed by atoms with Crippen LogP contribution in [0.3, 0.4) is 0 Å². The molecule has 6 aliphatic carbocycles. The molecular formula is C20H34BCl. The summed E-state index contributed by atoms with van der Waals surface area (Å²) in [7, 11) is 0. The molecule has 0 aliphatic heterocycles. The highest BCUT2D eigenvalue weighted by Gasteiger charge is 2.62. The molecule has 0 aromatic heterocycles. The molecule has 0 aromatic carbocycles. The largest absolute Gasteiger partial charge is 0.257 e. The van der Waals surface area contributed by atoms with E-state index in [1.165, 1.54) is 25.7 Å². The first kappa shape index (κ1) is 15.9. The van der Waals surface area contributed by atoms with Crippen molar-refractivity contribution < 1.29 is 0 Å². The first-order valence-electron chi connectivity index (χ1n) is 9.79. The van der Waals surface area contributed by atoms with Crippen molar-refractivity contribution in [3.63, 3.8) is 0 Å². The van der Waals surface area contributed by atoms with Crippen LogP contribution in [0, 0.1) is 46.3 Å². The molecule has 0 radical (unpaired) electrons. The van der Waals surface area contributed by atoms with Gasteiger partial charge in [-0.05, 0) is 70.8 Å². The third-order valence-electron chi connectivity index (χ3n) is 9.64. The second-order valence-electron chi connectivity index (χ2n) is 10.7. The van der Waals surface area contributed by atoms with Crippen LogP contribution in [0.15, 0.2) is 0 Å². The zero-order chi connectivity index (χ0) is 16.0. The van der Waals surface area contributed by atoms with Crippen LogP contribution in [0.1, 0.15) is 67.2 Å². The van der Waals surface area contributed by atoms with Crippen molar-refractivity contribution in [2.24, 2.45) is 46.3 Å². The van der Waals surface area contributed by atoms with E-state index in [9.17, 15) is 0 Å². The minimum absolute atomic E-state index is 0.438. The van der Waals surface area contributed by atoms with E-state index in [4.69, 9.17) is 11.5 Å². The van der Waals surface area contributed by atoms with Gasteiger partial charge in [-0.3, -0.25) is 0 Å². The van der Waals surface area contributed by atoms with Crippen molar-refractivity contribution in [2.75, 3.05) is 0 Å². The summed E-state index contributed by atoms with van der Waals surface area (Å²) in [5.41, 5.74) is 1.18. The zero-order valence-electron chi connectivity index (χ0n) is 15.4. The lowest BCUT2D eigenvalue weighted by atomic mass is 9.30. The Kier molecular flexibility index (Phi) is 3.39. The molecule has 6 rings (SSSR count). The lowest BCUT2D eigenvalue weighted by Crippen LogP contribution is -2.58. The minimum atomic E-state index is 0.438. The van der Waals surface area contributed by atoms with Crippen molar-refractivity contribution in [1.82, 2.24) is 0 Å². The Balaban J connectivity index is 1.49. The van der Waals surface area contributed by atoms with E-state index in [2.05, 4.69) is 41.5 Å². The second-order valence-corrected chi connectivity index (χ2v) is 11.2. The van der Waals surface area contributed by atoms with Crippen molar-refractivity contribution in [2.45, 2.75) is 78.9 Å². The average Bonchev–Trinajstić information content (AvgIpc) is 2.45. The predicted molar refractivity (Wildman–Crippen MR) is 97.4 cm³/mol. The summed E-state index contributed by atoms with van der Waals surface area (Å²) in [6, 6.07) is 0. The molecule has 0 aromatic rings. The summed E-state index contributed by atoms with van der Waals surface area (Å²) in [6.45, 7) is 15.0. The summed E-state index contributed by atoms with van der Waals surface area (Å²) in [5.74, 6) is 7.00. The highest BCUT2D eigenvalue weighted by Crippen LogP contribution is 2.69. The Bertz CT molecular complexity index is 428. The van der Waals surface area contributed by atoms with E-state index in [0.717, 1.165) is 47.1 Å². The molecule has 0 nitrogen and oxygen atoms in total. The third-order valence-corrected chi connectivity index (χ3v) is 10.3. The van der Waals surface area contributed by atoms with Crippen LogP contribution in [-0.4, -0.2) is 6.13 Å². The summed E-state index contributed by atoms with van der Waals surface area (Å²) in [4.78, 5) is 0. The molecular weight excluding hydrogens is 286 g/mol. The molecule has 124 valence electrons. The molecule has 0 saturated heterocycles. The van der Waals surface area contributed by atoms with Crippen LogP contribution in [0.2, 0.25) is 11.6 Å². The van der Waals surface area contributed by atoms with Crippen molar-refractivity contribution in [1.29, 1.82) is 0 Å². The molecule has 4 bridgehead atoms. The van der Waals surface area contributed by atoms with E-state index < -0.39 is 0 Å². The van der Waals surface area contributed by atoms with Crippen LogP contribution >= 0.6 is 11.5 Å². The third kappa shape index (κ3) is 1.84. The SMILES string of the molecule is C[C@@H]1C2CC(C[C@H]1B(Cl)[C@@H]1CC3CC([C@H]1C)C3(C)C)C2(C)C. The summed E-state index contributed by atoms with van der Waals surface area (Å²) in [6.07, 6.45) is 6.20. The van der Waals surface area contributed by atoms with Crippen LogP contribution < -0.4 is 0 Å². The fourth-order valence-electron chi connectivity index (χ4n) is 7.54. The van der Waals surface area contributed by atoms with E-state index in [-0.39, 0.29) is 0 Å². The van der Waals surface area contributed by atoms with Gasteiger partial charge in [-0.25, -0.2) is 0 Å². The van der Waals surface area contributed by atoms with Gasteiger partial charge in [0, 0.05) is 0 Å². The van der Waals surface area contributed by atoms with E-state index in [1.54, 1.807) is 0 Å². The van der Waals surface area contributed by atoms with Gasteiger partial charge in [0.15, 0.2) is 0 Å². The van der Waals surface area contributed by atoms with Gasteiger partial charge in [0.1, 0.15) is 0 Å². The monoisotopic (exact) mass is 320 g/mol. The van der Waals surface area contributed by atoms with Gasteiger partial charge in [-0.2, -0.15) is 11.5 Å². The Labute approximate surface area is 143 Å². The molecule has 6 saturated carbocycles. The van der Waals surface area contributed by atoms with Crippen molar-refractivity contribution >= 4 is 17.6 Å². The maximum Gasteiger partial charge on any atom is 0.257 e. The molecule has 2 heteroatoms. The van der Waals surface area contributed by atoms with E-state index in [0.29, 0.717) is 17.0 Å². The van der Waals surface area contributed by atoms with Crippen LogP contribution in [0.5, 0.6) is 0 Å². The van der Waals surface area contributed by atoms with E-state index >= 15 is 0 Å². The van der Waals surface area contributed by atoms with E-state index in [1.807, 2.05) is 0 Å². The molecule has 4 unspecified atom stereocenters. The van der Waals surface area contributed by atoms with Crippen molar-refractivity contribution in [3.05, 3.63) is 0 Å². The quantitative estimate of drug-likeness (QED) is 0.519. The van der Waals surface area contributed by atoms with Gasteiger partial charge in [0.25, 0.3) is 6.13 Å². The first-order valence-corrected chi connectivity index (χ1v) is 10.2. The smallest absolute Gasteiger partial charge is 0.195 e. The Morgan fingerprint density at radius 1 is 0.727 bits per heavy atom. The van der Waals surface area contributed by atoms with Gasteiger partial charge in [-0.15, -0.1) is 0 Å². The highest BCUT2D eigenvalue weighted by molar-refractivity contribution is 7.08. The normalized spacial score (nSPS) is 54.1. The number of rotatable bonds is 2. The lowest BCUT2D eigenvalue weighted by Gasteiger charge is -2.65. The molecule has 0 amide bonds. The Morgan fingerprint density at radius 2 is 1.09 bits per heavy atom. The fourth-order valence-corrected chi connectivity index (χ4v) is 8.20. The van der Waals surface area contributed by atoms with Crippen molar-refractivity contribution in [3.8, 4) is 0 Å². The Morgan fingerprint density at radius 3 is 1.36 bits per heavy atom. The lowest BCUT2D eigenvalue weighted by molar-refractivity contribution is -0.106. The minimum Gasteiger partial charge on any atom is -0.195 e. The molecule has 0 N–H and O–H groups in total. The maximum atomic E-state index is 7.19. The molecule has 0 heterocycles. The van der Waals surface area contributed by atoms with Crippen LogP contribution in [-0.2, 0) is 0 Å². The molecule has 22 heavy (non-hydrogen) atoms.